The lowest BCUT2D eigenvalue weighted by molar-refractivity contribution is 0.220. The van der Waals surface area contributed by atoms with Gasteiger partial charge in [-0.3, -0.25) is 0 Å². The summed E-state index contributed by atoms with van der Waals surface area (Å²) in [4.78, 5) is 0. The van der Waals surface area contributed by atoms with Crippen molar-refractivity contribution in [2.24, 2.45) is 0 Å². The first-order valence-corrected chi connectivity index (χ1v) is 5.44. The predicted octanol–water partition coefficient (Wildman–Crippen LogP) is 2.26. The smallest absolute Gasteiger partial charge is 0.123 e. The molecule has 3 rings (SSSR count). The van der Waals surface area contributed by atoms with E-state index >= 15 is 0 Å². The minimum atomic E-state index is -0.155. The molecule has 2 nitrogen and oxygen atoms in total. The van der Waals surface area contributed by atoms with Gasteiger partial charge in [-0.1, -0.05) is 0 Å². The van der Waals surface area contributed by atoms with Crippen LogP contribution in [0.25, 0.3) is 0 Å². The lowest BCUT2D eigenvalue weighted by Crippen LogP contribution is -2.40. The van der Waals surface area contributed by atoms with E-state index in [1.165, 1.54) is 6.07 Å². The Balaban J connectivity index is 0.000000963. The summed E-state index contributed by atoms with van der Waals surface area (Å²) < 4.78 is 18.9. The van der Waals surface area contributed by atoms with E-state index in [1.807, 2.05) is 0 Å². The molecule has 2 aliphatic heterocycles. The van der Waals surface area contributed by atoms with E-state index in [-0.39, 0.29) is 23.6 Å². The monoisotopic (exact) mass is 243 g/mol. The fourth-order valence-corrected chi connectivity index (χ4v) is 2.66. The van der Waals surface area contributed by atoms with Gasteiger partial charge in [0.1, 0.15) is 11.6 Å². The van der Waals surface area contributed by atoms with Gasteiger partial charge in [0, 0.05) is 11.0 Å². The van der Waals surface area contributed by atoms with Crippen molar-refractivity contribution >= 4 is 12.4 Å². The molecular formula is C12H15ClFNO. The summed E-state index contributed by atoms with van der Waals surface area (Å²) in [5, 5.41) is 3.33. The normalized spacial score (nSPS) is 21.1. The van der Waals surface area contributed by atoms with Gasteiger partial charge in [0.2, 0.25) is 0 Å². The molecule has 4 heteroatoms. The number of piperidine rings is 1. The summed E-state index contributed by atoms with van der Waals surface area (Å²) >= 11 is 0. The zero-order valence-electron chi connectivity index (χ0n) is 8.96. The standard InChI is InChI=1S/C12H14FNO.ClH/c13-9-1-2-11-10(7-9)12(8-15-11)3-5-14-6-4-12;/h1-2,7,14H,3-6,8H2;1H. The number of halogens is 2. The van der Waals surface area contributed by atoms with Gasteiger partial charge in [-0.15, -0.1) is 12.4 Å². The minimum absolute atomic E-state index is 0. The summed E-state index contributed by atoms with van der Waals surface area (Å²) in [6.45, 7) is 2.71. The molecule has 0 aliphatic carbocycles. The Morgan fingerprint density at radius 3 is 2.75 bits per heavy atom. The van der Waals surface area contributed by atoms with Crippen LogP contribution in [-0.4, -0.2) is 19.7 Å². The van der Waals surface area contributed by atoms with Crippen LogP contribution >= 0.6 is 12.4 Å². The van der Waals surface area contributed by atoms with E-state index < -0.39 is 0 Å². The lowest BCUT2D eigenvalue weighted by Gasteiger charge is -2.32. The molecule has 0 unspecified atom stereocenters. The second-order valence-corrected chi connectivity index (χ2v) is 4.46. The zero-order chi connectivity index (χ0) is 10.3. The quantitative estimate of drug-likeness (QED) is 0.755. The second-order valence-electron chi connectivity index (χ2n) is 4.46. The number of rotatable bonds is 0. The Hall–Kier alpha value is -0.800. The third kappa shape index (κ3) is 1.68. The van der Waals surface area contributed by atoms with Crippen LogP contribution in [0.1, 0.15) is 18.4 Å². The summed E-state index contributed by atoms with van der Waals surface area (Å²) in [5.41, 5.74) is 1.15. The second kappa shape index (κ2) is 4.22. The number of hydrogen-bond donors (Lipinski definition) is 1. The first kappa shape index (κ1) is 11.7. The highest BCUT2D eigenvalue weighted by molar-refractivity contribution is 5.85. The van der Waals surface area contributed by atoms with Crippen molar-refractivity contribution in [3.05, 3.63) is 29.6 Å². The van der Waals surface area contributed by atoms with E-state index in [1.54, 1.807) is 12.1 Å². The minimum Gasteiger partial charge on any atom is -0.492 e. The van der Waals surface area contributed by atoms with E-state index in [4.69, 9.17) is 4.74 Å². The molecule has 2 heterocycles. The van der Waals surface area contributed by atoms with Crippen LogP contribution in [0.15, 0.2) is 18.2 Å². The molecule has 0 aromatic heterocycles. The van der Waals surface area contributed by atoms with Crippen LogP contribution in [0, 0.1) is 5.82 Å². The summed E-state index contributed by atoms with van der Waals surface area (Å²) in [6.07, 6.45) is 2.09. The highest BCUT2D eigenvalue weighted by atomic mass is 35.5. The van der Waals surface area contributed by atoms with Crippen LogP contribution in [0.2, 0.25) is 0 Å². The summed E-state index contributed by atoms with van der Waals surface area (Å²) in [5.74, 6) is 0.718. The fourth-order valence-electron chi connectivity index (χ4n) is 2.66. The van der Waals surface area contributed by atoms with Crippen molar-refractivity contribution in [2.45, 2.75) is 18.3 Å². The van der Waals surface area contributed by atoms with Gasteiger partial charge in [0.05, 0.1) is 6.61 Å². The molecule has 0 amide bonds. The van der Waals surface area contributed by atoms with Crippen LogP contribution < -0.4 is 10.1 Å². The molecular weight excluding hydrogens is 229 g/mol. The van der Waals surface area contributed by atoms with E-state index in [2.05, 4.69) is 5.32 Å². The van der Waals surface area contributed by atoms with Crippen molar-refractivity contribution < 1.29 is 9.13 Å². The van der Waals surface area contributed by atoms with E-state index in [0.717, 1.165) is 37.2 Å². The lowest BCUT2D eigenvalue weighted by atomic mass is 9.75. The highest BCUT2D eigenvalue weighted by Gasteiger charge is 2.41. The third-order valence-corrected chi connectivity index (χ3v) is 3.58. The Labute approximate surface area is 101 Å². The van der Waals surface area contributed by atoms with Gasteiger partial charge >= 0.3 is 0 Å². The average Bonchev–Trinajstić information content (AvgIpc) is 2.59. The highest BCUT2D eigenvalue weighted by Crippen LogP contribution is 2.44. The van der Waals surface area contributed by atoms with Gasteiger partial charge < -0.3 is 10.1 Å². The summed E-state index contributed by atoms with van der Waals surface area (Å²) in [6, 6.07) is 4.87. The topological polar surface area (TPSA) is 21.3 Å². The molecule has 1 N–H and O–H groups in total. The molecule has 1 fully saturated rings. The van der Waals surface area contributed by atoms with E-state index in [9.17, 15) is 4.39 Å². The molecule has 0 bridgehead atoms. The Morgan fingerprint density at radius 2 is 2.00 bits per heavy atom. The number of hydrogen-bond acceptors (Lipinski definition) is 2. The predicted molar refractivity (Wildman–Crippen MR) is 62.9 cm³/mol. The molecule has 2 aliphatic rings. The van der Waals surface area contributed by atoms with Crippen molar-refractivity contribution in [3.8, 4) is 5.75 Å². The van der Waals surface area contributed by atoms with Crippen molar-refractivity contribution in [1.29, 1.82) is 0 Å². The van der Waals surface area contributed by atoms with Crippen LogP contribution in [0.3, 0.4) is 0 Å². The van der Waals surface area contributed by atoms with Crippen molar-refractivity contribution in [1.82, 2.24) is 5.32 Å². The van der Waals surface area contributed by atoms with Gasteiger partial charge in [-0.05, 0) is 44.1 Å². The van der Waals surface area contributed by atoms with Crippen molar-refractivity contribution in [2.75, 3.05) is 19.7 Å². The molecule has 88 valence electrons. The molecule has 16 heavy (non-hydrogen) atoms. The average molecular weight is 244 g/mol. The van der Waals surface area contributed by atoms with Gasteiger partial charge in [-0.2, -0.15) is 0 Å². The first-order valence-electron chi connectivity index (χ1n) is 5.44. The number of nitrogens with one attached hydrogen (secondary N) is 1. The molecule has 0 saturated carbocycles. The Kier molecular flexibility index (Phi) is 3.08. The molecule has 1 aromatic rings. The van der Waals surface area contributed by atoms with Crippen molar-refractivity contribution in [3.63, 3.8) is 0 Å². The van der Waals surface area contributed by atoms with Gasteiger partial charge in [-0.25, -0.2) is 4.39 Å². The van der Waals surface area contributed by atoms with E-state index in [0.29, 0.717) is 6.61 Å². The number of benzene rings is 1. The summed E-state index contributed by atoms with van der Waals surface area (Å²) in [7, 11) is 0. The van der Waals surface area contributed by atoms with Gasteiger partial charge in [0.25, 0.3) is 0 Å². The Morgan fingerprint density at radius 1 is 1.25 bits per heavy atom. The van der Waals surface area contributed by atoms with Crippen LogP contribution in [0.5, 0.6) is 5.75 Å². The molecule has 1 saturated heterocycles. The Bertz CT molecular complexity index is 385. The van der Waals surface area contributed by atoms with Crippen LogP contribution in [-0.2, 0) is 5.41 Å². The third-order valence-electron chi connectivity index (χ3n) is 3.58. The largest absolute Gasteiger partial charge is 0.492 e. The van der Waals surface area contributed by atoms with Gasteiger partial charge in [0.15, 0.2) is 0 Å². The maximum atomic E-state index is 13.2. The fraction of sp³-hybridized carbons (Fsp3) is 0.500. The maximum Gasteiger partial charge on any atom is 0.123 e. The number of fused-ring (bicyclic) bond motifs is 2. The number of ether oxygens (including phenoxy) is 1. The van der Waals surface area contributed by atoms with Crippen LogP contribution in [0.4, 0.5) is 4.39 Å². The molecule has 0 radical (unpaired) electrons. The SMILES string of the molecule is Cl.Fc1ccc2c(c1)C1(CCNCC1)CO2. The molecule has 1 aromatic carbocycles. The maximum absolute atomic E-state index is 13.2. The molecule has 1 spiro atoms. The first-order chi connectivity index (χ1) is 7.30. The zero-order valence-corrected chi connectivity index (χ0v) is 9.78. The molecule has 0 atom stereocenters.